The molecule has 0 fully saturated rings. The van der Waals surface area contributed by atoms with E-state index >= 15 is 0 Å². The highest BCUT2D eigenvalue weighted by atomic mass is 79.9. The van der Waals surface area contributed by atoms with Crippen molar-refractivity contribution in [1.82, 2.24) is 4.40 Å². The number of benzene rings is 4. The molecule has 0 aliphatic carbocycles. The lowest BCUT2D eigenvalue weighted by molar-refractivity contribution is -0.649. The van der Waals surface area contributed by atoms with Crippen LogP contribution in [0.2, 0.25) is 0 Å². The van der Waals surface area contributed by atoms with E-state index in [0.29, 0.717) is 6.54 Å². The Morgan fingerprint density at radius 1 is 0.700 bits per heavy atom. The number of pyridine rings is 1. The summed E-state index contributed by atoms with van der Waals surface area (Å²) in [4.78, 5) is 0. The first-order valence-corrected chi connectivity index (χ1v) is 15.7. The summed E-state index contributed by atoms with van der Waals surface area (Å²) in [7, 11) is 0. The Morgan fingerprint density at radius 3 is 1.85 bits per heavy atom. The van der Waals surface area contributed by atoms with Gasteiger partial charge < -0.3 is 17.0 Å². The molecule has 0 radical (unpaired) electrons. The Morgan fingerprint density at radius 2 is 1.25 bits per heavy atom. The Hall–Kier alpha value is -3.63. The van der Waals surface area contributed by atoms with Crippen molar-refractivity contribution in [1.29, 1.82) is 0 Å². The summed E-state index contributed by atoms with van der Waals surface area (Å²) in [5.74, 6) is -0.259. The number of fused-ring (bicyclic) bond motifs is 1. The van der Waals surface area contributed by atoms with Crippen LogP contribution in [-0.4, -0.2) is 4.40 Å². The van der Waals surface area contributed by atoms with Gasteiger partial charge in [-0.25, -0.2) is 8.96 Å². The number of aromatic nitrogens is 2. The van der Waals surface area contributed by atoms with Gasteiger partial charge in [0.25, 0.3) is 5.65 Å². The number of allylic oxidation sites excluding steroid dienone is 1. The summed E-state index contributed by atoms with van der Waals surface area (Å²) in [5.41, 5.74) is 5.18. The molecule has 6 heteroatoms. The van der Waals surface area contributed by atoms with Gasteiger partial charge in [-0.05, 0) is 52.6 Å². The minimum Gasteiger partial charge on any atom is -1.00 e. The maximum atomic E-state index is 14.1. The molecule has 0 unspecified atom stereocenters. The van der Waals surface area contributed by atoms with Gasteiger partial charge in [0, 0.05) is 11.6 Å². The van der Waals surface area contributed by atoms with E-state index in [4.69, 9.17) is 11.8 Å². The lowest BCUT2D eigenvalue weighted by atomic mass is 10.1. The molecule has 0 amide bonds. The largest absolute Gasteiger partial charge is 1.00 e. The number of rotatable bonds is 7. The van der Waals surface area contributed by atoms with Gasteiger partial charge in [0.2, 0.25) is 0 Å². The molecule has 2 heterocycles. The quantitative estimate of drug-likeness (QED) is 0.195. The van der Waals surface area contributed by atoms with Gasteiger partial charge in [0.15, 0.2) is 11.1 Å². The van der Waals surface area contributed by atoms with E-state index in [1.54, 1.807) is 0 Å². The van der Waals surface area contributed by atoms with Crippen molar-refractivity contribution in [3.63, 3.8) is 0 Å². The molecule has 0 bridgehead atoms. The van der Waals surface area contributed by atoms with Crippen LogP contribution in [-0.2, 0) is 18.4 Å². The number of nitrogens with zero attached hydrogens (tertiary/aromatic N) is 2. The summed E-state index contributed by atoms with van der Waals surface area (Å²) < 4.78 is 18.7. The second-order valence-electron chi connectivity index (χ2n) is 9.31. The molecule has 198 valence electrons. The van der Waals surface area contributed by atoms with Crippen molar-refractivity contribution in [2.24, 2.45) is 0 Å². The number of hydrogen-bond donors (Lipinski definition) is 0. The molecule has 2 aromatic heterocycles. The van der Waals surface area contributed by atoms with Crippen LogP contribution < -0.4 is 37.6 Å². The summed E-state index contributed by atoms with van der Waals surface area (Å²) in [5, 5.41) is 2.23. The van der Waals surface area contributed by atoms with Gasteiger partial charge in [-0.2, -0.15) is 4.40 Å². The zero-order chi connectivity index (χ0) is 26.7. The zero-order valence-electron chi connectivity index (χ0n) is 21.6. The number of halogens is 2. The van der Waals surface area contributed by atoms with E-state index < -0.39 is 6.04 Å². The van der Waals surface area contributed by atoms with Crippen LogP contribution >= 0.6 is 6.04 Å². The Balaban J connectivity index is 0.00000323. The van der Waals surface area contributed by atoms with Crippen molar-refractivity contribution in [3.8, 4) is 11.3 Å². The third kappa shape index (κ3) is 5.25. The molecule has 6 aromatic rings. The minimum atomic E-state index is -2.55. The smallest absolute Gasteiger partial charge is 0.287 e. The van der Waals surface area contributed by atoms with Crippen LogP contribution in [0.1, 0.15) is 5.56 Å². The van der Waals surface area contributed by atoms with E-state index in [2.05, 4.69) is 100 Å². The summed E-state index contributed by atoms with van der Waals surface area (Å²) in [6.07, 6.45) is 6.41. The van der Waals surface area contributed by atoms with Crippen molar-refractivity contribution in [2.75, 3.05) is 0 Å². The fourth-order valence-electron chi connectivity index (χ4n) is 5.09. The van der Waals surface area contributed by atoms with Crippen molar-refractivity contribution < 1.29 is 25.9 Å². The molecule has 0 spiro atoms. The molecule has 40 heavy (non-hydrogen) atoms. The predicted molar refractivity (Wildman–Crippen MR) is 165 cm³/mol. The summed E-state index contributed by atoms with van der Waals surface area (Å²) >= 11 is 6.83. The van der Waals surface area contributed by atoms with E-state index in [0.717, 1.165) is 38.5 Å². The highest BCUT2D eigenvalue weighted by molar-refractivity contribution is 8.25. The van der Waals surface area contributed by atoms with Crippen LogP contribution in [0.5, 0.6) is 0 Å². The molecule has 2 nitrogen and oxygen atoms in total. The van der Waals surface area contributed by atoms with E-state index in [-0.39, 0.29) is 22.8 Å². The molecule has 0 aliphatic heterocycles. The first kappa shape index (κ1) is 27.9. The van der Waals surface area contributed by atoms with Gasteiger partial charge in [-0.15, -0.1) is 0 Å². The minimum absolute atomic E-state index is 0. The average Bonchev–Trinajstić information content (AvgIpc) is 3.33. The molecule has 0 saturated carbocycles. The van der Waals surface area contributed by atoms with Crippen LogP contribution in [0.15, 0.2) is 146 Å². The maximum absolute atomic E-state index is 14.1. The zero-order valence-corrected chi connectivity index (χ0v) is 24.9. The summed E-state index contributed by atoms with van der Waals surface area (Å²) in [6.45, 7) is 0.633. The summed E-state index contributed by atoms with van der Waals surface area (Å²) in [6, 6.07) is 41.6. The van der Waals surface area contributed by atoms with Gasteiger partial charge in [-0.3, -0.25) is 0 Å². The molecule has 4 aromatic carbocycles. The fourth-order valence-corrected chi connectivity index (χ4v) is 9.33. The van der Waals surface area contributed by atoms with Crippen molar-refractivity contribution in [3.05, 3.63) is 157 Å². The third-order valence-electron chi connectivity index (χ3n) is 6.88. The second kappa shape index (κ2) is 12.3. The van der Waals surface area contributed by atoms with Gasteiger partial charge in [0.1, 0.15) is 12.4 Å². The van der Waals surface area contributed by atoms with Gasteiger partial charge in [-0.1, -0.05) is 115 Å². The van der Waals surface area contributed by atoms with Crippen LogP contribution in [0, 0.1) is 5.82 Å². The molecule has 0 saturated heterocycles. The first-order chi connectivity index (χ1) is 19.2. The Labute approximate surface area is 249 Å². The number of hydrogen-bond acceptors (Lipinski definition) is 1. The monoisotopic (exact) mass is 624 g/mol. The van der Waals surface area contributed by atoms with Crippen LogP contribution in [0.4, 0.5) is 4.39 Å². The maximum Gasteiger partial charge on any atom is 0.287 e. The third-order valence-corrected chi connectivity index (χ3v) is 11.7. The molecule has 0 atom stereocenters. The molecule has 6 rings (SSSR count). The Bertz CT molecular complexity index is 1760. The molecular weight excluding hydrogens is 598 g/mol. The standard InChI is InChI=1S/C34H27FN2PS.BrH/c35-29-23-21-28(22-24-29)33-34(38(39,30-16-6-2-7-17-30)31-18-8-3-9-19-31)37-25-11-10-20-32(37)36(33)26-12-15-27-13-4-1-5-14-27;/h1-25H,26H2;1H/q+1;/p-1/b15-12+;. The molecule has 0 aliphatic rings. The molecule has 0 N–H and O–H groups in total. The first-order valence-electron chi connectivity index (χ1n) is 12.9. The SMILES string of the molecule is Fc1ccc(-c2c(P(=S)(c3ccccc3)c3ccccc3)n3ccccc3[n+]2C/C=C/c2ccccc2)cc1.[Br-]. The highest BCUT2D eigenvalue weighted by Gasteiger charge is 2.38. The van der Waals surface area contributed by atoms with E-state index in [9.17, 15) is 4.39 Å². The van der Waals surface area contributed by atoms with Crippen molar-refractivity contribution >= 4 is 45.6 Å². The fraction of sp³-hybridized carbons (Fsp3) is 0.0294. The van der Waals surface area contributed by atoms with Gasteiger partial charge in [0.05, 0.1) is 12.2 Å². The lowest BCUT2D eigenvalue weighted by Crippen LogP contribution is -3.00. The van der Waals surface area contributed by atoms with Crippen LogP contribution in [0.25, 0.3) is 23.0 Å². The van der Waals surface area contributed by atoms with Crippen molar-refractivity contribution in [2.45, 2.75) is 6.54 Å². The lowest BCUT2D eigenvalue weighted by Gasteiger charge is -2.21. The van der Waals surface area contributed by atoms with Gasteiger partial charge >= 0.3 is 0 Å². The predicted octanol–water partition coefficient (Wildman–Crippen LogP) is 3.51. The van der Waals surface area contributed by atoms with E-state index in [1.807, 2.05) is 48.5 Å². The van der Waals surface area contributed by atoms with Crippen LogP contribution in [0.3, 0.4) is 0 Å². The number of imidazole rings is 1. The normalized spacial score (nSPS) is 11.5. The second-order valence-corrected chi connectivity index (χ2v) is 13.6. The topological polar surface area (TPSA) is 8.29 Å². The molecular formula is C34H27BrFN2PS. The Kier molecular flexibility index (Phi) is 8.56. The highest BCUT2D eigenvalue weighted by Crippen LogP contribution is 2.45. The van der Waals surface area contributed by atoms with E-state index in [1.165, 1.54) is 12.1 Å². The average molecular weight is 626 g/mol.